The predicted octanol–water partition coefficient (Wildman–Crippen LogP) is -1.67. The molecule has 0 atom stereocenters. The monoisotopic (exact) mass is 151 g/mol. The van der Waals surface area contributed by atoms with E-state index >= 15 is 0 Å². The Morgan fingerprint density at radius 3 is 2.30 bits per heavy atom. The summed E-state index contributed by atoms with van der Waals surface area (Å²) in [6.07, 6.45) is -0.462. The minimum atomic E-state index is -2.31. The molecule has 0 heterocycles. The van der Waals surface area contributed by atoms with Gasteiger partial charge in [0.1, 0.15) is 0 Å². The zero-order valence-electron chi connectivity index (χ0n) is 5.23. The van der Waals surface area contributed by atoms with Gasteiger partial charge < -0.3 is 15.3 Å². The van der Waals surface area contributed by atoms with Gasteiger partial charge in [0.2, 0.25) is 6.54 Å². The average Bonchev–Trinajstić information content (AvgIpc) is 1.85. The van der Waals surface area contributed by atoms with Gasteiger partial charge in [0.25, 0.3) is 0 Å². The van der Waals surface area contributed by atoms with Crippen LogP contribution >= 0.6 is 0 Å². The first kappa shape index (κ1) is 9.28. The van der Waals surface area contributed by atoms with Crippen molar-refractivity contribution in [2.45, 2.75) is 12.2 Å². The average molecular weight is 151 g/mol. The van der Waals surface area contributed by atoms with E-state index in [-0.39, 0.29) is 0 Å². The zero-order chi connectivity index (χ0) is 8.20. The van der Waals surface area contributed by atoms with Crippen molar-refractivity contribution in [1.82, 2.24) is 0 Å². The molecule has 0 bridgehead atoms. The number of nitrogens with zero attached hydrogens (tertiary/aromatic N) is 1. The largest absolute Gasteiger partial charge is 0.391 e. The molecule has 6 nitrogen and oxygen atoms in total. The maximum Gasteiger partial charge on any atom is 0.209 e. The number of aliphatic hydroxyl groups excluding tert-OH is 1. The van der Waals surface area contributed by atoms with E-state index in [2.05, 4.69) is 0 Å². The van der Waals surface area contributed by atoms with Gasteiger partial charge in [-0.3, -0.25) is 10.1 Å². The standard InChI is InChI=1S/C4H9NO5/c6-3-4(7,8)1-2-5(9)10/h6-8H,1-3H2. The molecule has 6 heteroatoms. The van der Waals surface area contributed by atoms with Crippen molar-refractivity contribution in [2.24, 2.45) is 0 Å². The van der Waals surface area contributed by atoms with E-state index in [0.717, 1.165) is 0 Å². The molecule has 0 rings (SSSR count). The molecular formula is C4H9NO5. The topological polar surface area (TPSA) is 104 Å². The van der Waals surface area contributed by atoms with Crippen LogP contribution in [0.1, 0.15) is 6.42 Å². The summed E-state index contributed by atoms with van der Waals surface area (Å²) in [7, 11) is 0. The van der Waals surface area contributed by atoms with E-state index in [1.54, 1.807) is 0 Å². The highest BCUT2D eigenvalue weighted by atomic mass is 16.6. The zero-order valence-corrected chi connectivity index (χ0v) is 5.23. The minimum absolute atomic E-state index is 0.462. The summed E-state index contributed by atoms with van der Waals surface area (Å²) >= 11 is 0. The fourth-order valence-corrected chi connectivity index (χ4v) is 0.349. The predicted molar refractivity (Wildman–Crippen MR) is 30.7 cm³/mol. The van der Waals surface area contributed by atoms with Crippen LogP contribution in [0.25, 0.3) is 0 Å². The van der Waals surface area contributed by atoms with Crippen LogP contribution in [0.15, 0.2) is 0 Å². The third-order valence-electron chi connectivity index (χ3n) is 0.948. The molecule has 0 aromatic rings. The van der Waals surface area contributed by atoms with Gasteiger partial charge in [-0.1, -0.05) is 0 Å². The second kappa shape index (κ2) is 3.45. The van der Waals surface area contributed by atoms with Gasteiger partial charge in [0.05, 0.1) is 13.0 Å². The SMILES string of the molecule is O=[N+]([O-])CCC(O)(O)CO. The van der Waals surface area contributed by atoms with Crippen molar-refractivity contribution in [3.63, 3.8) is 0 Å². The second-order valence-corrected chi connectivity index (χ2v) is 1.95. The summed E-state index contributed by atoms with van der Waals surface area (Å²) in [6.45, 7) is -1.45. The van der Waals surface area contributed by atoms with Crippen LogP contribution in [0.3, 0.4) is 0 Å². The third-order valence-corrected chi connectivity index (χ3v) is 0.948. The molecular weight excluding hydrogens is 142 g/mol. The van der Waals surface area contributed by atoms with E-state index in [9.17, 15) is 10.1 Å². The fraction of sp³-hybridized carbons (Fsp3) is 1.00. The molecule has 0 saturated carbocycles. The Morgan fingerprint density at radius 2 is 2.00 bits per heavy atom. The normalized spacial score (nSPS) is 11.5. The summed E-state index contributed by atoms with van der Waals surface area (Å²) < 4.78 is 0. The third kappa shape index (κ3) is 4.19. The van der Waals surface area contributed by atoms with Crippen molar-refractivity contribution < 1.29 is 20.2 Å². The van der Waals surface area contributed by atoms with Crippen LogP contribution in [0, 0.1) is 10.1 Å². The van der Waals surface area contributed by atoms with E-state index in [1.807, 2.05) is 0 Å². The van der Waals surface area contributed by atoms with Crippen LogP contribution in [-0.2, 0) is 0 Å². The summed E-state index contributed by atoms with van der Waals surface area (Å²) in [6, 6.07) is 0. The maximum absolute atomic E-state index is 9.66. The molecule has 10 heavy (non-hydrogen) atoms. The number of hydrogen-bond donors (Lipinski definition) is 3. The summed E-state index contributed by atoms with van der Waals surface area (Å²) in [4.78, 5) is 8.98. The molecule has 0 aliphatic rings. The van der Waals surface area contributed by atoms with Crippen LogP contribution < -0.4 is 0 Å². The smallest absolute Gasteiger partial charge is 0.209 e. The van der Waals surface area contributed by atoms with Crippen molar-refractivity contribution in [3.05, 3.63) is 10.1 Å². The maximum atomic E-state index is 9.66. The number of hydrogen-bond acceptors (Lipinski definition) is 5. The van der Waals surface area contributed by atoms with Crippen LogP contribution in [0.4, 0.5) is 0 Å². The molecule has 0 fully saturated rings. The highest BCUT2D eigenvalue weighted by Crippen LogP contribution is 2.02. The number of aliphatic hydroxyl groups is 3. The van der Waals surface area contributed by atoms with Crippen LogP contribution in [0.5, 0.6) is 0 Å². The van der Waals surface area contributed by atoms with Gasteiger partial charge in [0.15, 0.2) is 5.79 Å². The molecule has 0 aliphatic carbocycles. The molecule has 0 aromatic heterocycles. The minimum Gasteiger partial charge on any atom is -0.391 e. The Bertz CT molecular complexity index is 123. The van der Waals surface area contributed by atoms with Gasteiger partial charge in [-0.15, -0.1) is 0 Å². The fourth-order valence-electron chi connectivity index (χ4n) is 0.349. The molecule has 3 N–H and O–H groups in total. The molecule has 60 valence electrons. The molecule has 0 aliphatic heterocycles. The van der Waals surface area contributed by atoms with Crippen LogP contribution in [-0.4, -0.2) is 39.2 Å². The first-order valence-electron chi connectivity index (χ1n) is 2.65. The van der Waals surface area contributed by atoms with Gasteiger partial charge in [-0.2, -0.15) is 0 Å². The quantitative estimate of drug-likeness (QED) is 0.253. The highest BCUT2D eigenvalue weighted by molar-refractivity contribution is 4.60. The van der Waals surface area contributed by atoms with Crippen molar-refractivity contribution in [1.29, 1.82) is 0 Å². The first-order valence-corrected chi connectivity index (χ1v) is 2.65. The van der Waals surface area contributed by atoms with Crippen molar-refractivity contribution in [3.8, 4) is 0 Å². The van der Waals surface area contributed by atoms with Crippen LogP contribution in [0.2, 0.25) is 0 Å². The van der Waals surface area contributed by atoms with Crippen molar-refractivity contribution >= 4 is 0 Å². The van der Waals surface area contributed by atoms with E-state index in [0.29, 0.717) is 0 Å². The van der Waals surface area contributed by atoms with E-state index in [4.69, 9.17) is 15.3 Å². The number of rotatable bonds is 4. The lowest BCUT2D eigenvalue weighted by Crippen LogP contribution is -2.34. The van der Waals surface area contributed by atoms with Gasteiger partial charge in [-0.05, 0) is 0 Å². The molecule has 0 unspecified atom stereocenters. The lowest BCUT2D eigenvalue weighted by molar-refractivity contribution is -0.487. The Labute approximate surface area is 56.9 Å². The van der Waals surface area contributed by atoms with E-state index in [1.165, 1.54) is 0 Å². The van der Waals surface area contributed by atoms with Gasteiger partial charge >= 0.3 is 0 Å². The Morgan fingerprint density at radius 1 is 1.50 bits per heavy atom. The molecule has 0 amide bonds. The Balaban J connectivity index is 3.56. The first-order chi connectivity index (χ1) is 4.48. The molecule has 0 aromatic carbocycles. The molecule has 0 radical (unpaired) electrons. The second-order valence-electron chi connectivity index (χ2n) is 1.95. The number of nitro groups is 1. The Hall–Kier alpha value is -0.720. The summed E-state index contributed by atoms with van der Waals surface area (Å²) in [5.41, 5.74) is 0. The molecule has 0 spiro atoms. The van der Waals surface area contributed by atoms with Gasteiger partial charge in [0, 0.05) is 4.92 Å². The lowest BCUT2D eigenvalue weighted by Gasteiger charge is -2.15. The van der Waals surface area contributed by atoms with Gasteiger partial charge in [-0.25, -0.2) is 0 Å². The Kier molecular flexibility index (Phi) is 3.20. The highest BCUT2D eigenvalue weighted by Gasteiger charge is 2.23. The van der Waals surface area contributed by atoms with E-state index < -0.39 is 30.3 Å². The summed E-state index contributed by atoms with van der Waals surface area (Å²) in [5, 5.41) is 35.0. The summed E-state index contributed by atoms with van der Waals surface area (Å²) in [5.74, 6) is -2.31. The lowest BCUT2D eigenvalue weighted by atomic mass is 10.2. The van der Waals surface area contributed by atoms with Crippen molar-refractivity contribution in [2.75, 3.05) is 13.2 Å². The molecule has 0 saturated heterocycles.